The molecule has 2 rings (SSSR count). The van der Waals surface area contributed by atoms with Crippen molar-refractivity contribution >= 4 is 0 Å². The van der Waals surface area contributed by atoms with E-state index in [4.69, 9.17) is 0 Å². The van der Waals surface area contributed by atoms with Crippen LogP contribution in [-0.4, -0.2) is 27.4 Å². The van der Waals surface area contributed by atoms with Crippen LogP contribution in [0.3, 0.4) is 0 Å². The molecule has 4 heteroatoms. The molecule has 1 N–H and O–H groups in total. The molecule has 1 atom stereocenters. The number of hydrogen-bond acceptors (Lipinski definition) is 3. The quantitative estimate of drug-likeness (QED) is 0.678. The van der Waals surface area contributed by atoms with Gasteiger partial charge < -0.3 is 5.32 Å². The van der Waals surface area contributed by atoms with Crippen LogP contribution < -0.4 is 5.32 Å². The fourth-order valence-corrected chi connectivity index (χ4v) is 1.66. The van der Waals surface area contributed by atoms with E-state index in [0.717, 1.165) is 18.8 Å². The summed E-state index contributed by atoms with van der Waals surface area (Å²) in [7, 11) is 1.94. The highest BCUT2D eigenvalue weighted by Gasteiger charge is 2.16. The molecule has 0 spiro atoms. The maximum Gasteiger partial charge on any atom is 0.138 e. The first kappa shape index (κ1) is 7.73. The third-order valence-electron chi connectivity index (χ3n) is 2.40. The van der Waals surface area contributed by atoms with Crippen molar-refractivity contribution in [3.05, 3.63) is 12.2 Å². The lowest BCUT2D eigenvalue weighted by Crippen LogP contribution is -2.25. The maximum atomic E-state index is 4.19. The number of aromatic nitrogens is 3. The Morgan fingerprint density at radius 1 is 1.75 bits per heavy atom. The van der Waals surface area contributed by atoms with E-state index in [1.165, 1.54) is 12.8 Å². The Hall–Kier alpha value is -0.900. The van der Waals surface area contributed by atoms with Gasteiger partial charge in [-0.25, -0.2) is 4.98 Å². The van der Waals surface area contributed by atoms with Crippen molar-refractivity contribution < 1.29 is 0 Å². The van der Waals surface area contributed by atoms with Gasteiger partial charge in [-0.3, -0.25) is 4.68 Å². The van der Waals surface area contributed by atoms with E-state index in [1.807, 2.05) is 11.7 Å². The molecule has 4 nitrogen and oxygen atoms in total. The number of aryl methyl sites for hydroxylation is 1. The second kappa shape index (κ2) is 3.23. The average Bonchev–Trinajstić information content (AvgIpc) is 2.65. The first-order valence-electron chi connectivity index (χ1n) is 4.42. The summed E-state index contributed by atoms with van der Waals surface area (Å²) in [6, 6.07) is 0.618. The van der Waals surface area contributed by atoms with Gasteiger partial charge in [0.15, 0.2) is 0 Å². The minimum Gasteiger partial charge on any atom is -0.314 e. The Balaban J connectivity index is 1.98. The van der Waals surface area contributed by atoms with Gasteiger partial charge in [-0.05, 0) is 19.4 Å². The number of nitrogens with zero attached hydrogens (tertiary/aromatic N) is 3. The molecule has 0 saturated carbocycles. The van der Waals surface area contributed by atoms with Gasteiger partial charge in [0.1, 0.15) is 12.2 Å². The van der Waals surface area contributed by atoms with Gasteiger partial charge in [0.05, 0.1) is 0 Å². The molecule has 1 aliphatic heterocycles. The van der Waals surface area contributed by atoms with E-state index in [-0.39, 0.29) is 0 Å². The number of rotatable bonds is 2. The molecule has 66 valence electrons. The van der Waals surface area contributed by atoms with Gasteiger partial charge in [0.25, 0.3) is 0 Å². The minimum absolute atomic E-state index is 0.618. The Labute approximate surface area is 72.0 Å². The second-order valence-corrected chi connectivity index (χ2v) is 3.30. The highest BCUT2D eigenvalue weighted by atomic mass is 15.3. The smallest absolute Gasteiger partial charge is 0.138 e. The van der Waals surface area contributed by atoms with Gasteiger partial charge in [-0.15, -0.1) is 0 Å². The maximum absolute atomic E-state index is 4.19. The Kier molecular flexibility index (Phi) is 2.08. The summed E-state index contributed by atoms with van der Waals surface area (Å²) < 4.78 is 1.85. The van der Waals surface area contributed by atoms with Gasteiger partial charge in [-0.2, -0.15) is 5.10 Å². The molecule has 2 heterocycles. The molecule has 1 saturated heterocycles. The van der Waals surface area contributed by atoms with Crippen molar-refractivity contribution in [2.45, 2.75) is 25.3 Å². The minimum atomic E-state index is 0.618. The average molecular weight is 166 g/mol. The van der Waals surface area contributed by atoms with E-state index in [0.29, 0.717) is 6.04 Å². The molecule has 1 fully saturated rings. The molecule has 0 radical (unpaired) electrons. The zero-order valence-electron chi connectivity index (χ0n) is 7.32. The predicted molar refractivity (Wildman–Crippen MR) is 45.7 cm³/mol. The SMILES string of the molecule is Cn1ncnc1CC1CCCN1. The van der Waals surface area contributed by atoms with Crippen molar-refractivity contribution in [1.82, 2.24) is 20.1 Å². The van der Waals surface area contributed by atoms with Crippen molar-refractivity contribution in [1.29, 1.82) is 0 Å². The monoisotopic (exact) mass is 166 g/mol. The molecule has 0 aromatic carbocycles. The van der Waals surface area contributed by atoms with E-state index in [9.17, 15) is 0 Å². The Morgan fingerprint density at radius 3 is 3.25 bits per heavy atom. The van der Waals surface area contributed by atoms with Crippen LogP contribution in [0.4, 0.5) is 0 Å². The lowest BCUT2D eigenvalue weighted by Gasteiger charge is -2.07. The molecule has 0 amide bonds. The third-order valence-corrected chi connectivity index (χ3v) is 2.40. The van der Waals surface area contributed by atoms with Crippen LogP contribution >= 0.6 is 0 Å². The van der Waals surface area contributed by atoms with Crippen molar-refractivity contribution in [2.24, 2.45) is 7.05 Å². The van der Waals surface area contributed by atoms with Gasteiger partial charge in [0, 0.05) is 19.5 Å². The Morgan fingerprint density at radius 2 is 2.67 bits per heavy atom. The van der Waals surface area contributed by atoms with Crippen molar-refractivity contribution in [2.75, 3.05) is 6.54 Å². The molecule has 0 aliphatic carbocycles. The topological polar surface area (TPSA) is 42.7 Å². The van der Waals surface area contributed by atoms with Gasteiger partial charge >= 0.3 is 0 Å². The number of hydrogen-bond donors (Lipinski definition) is 1. The van der Waals surface area contributed by atoms with E-state index >= 15 is 0 Å². The first-order chi connectivity index (χ1) is 5.86. The summed E-state index contributed by atoms with van der Waals surface area (Å²) in [6.07, 6.45) is 5.19. The third kappa shape index (κ3) is 1.48. The molecular weight excluding hydrogens is 152 g/mol. The fourth-order valence-electron chi connectivity index (χ4n) is 1.66. The highest BCUT2D eigenvalue weighted by molar-refractivity contribution is 4.90. The zero-order valence-corrected chi connectivity index (χ0v) is 7.32. The molecule has 0 bridgehead atoms. The molecule has 1 aliphatic rings. The summed E-state index contributed by atoms with van der Waals surface area (Å²) in [5.41, 5.74) is 0. The predicted octanol–water partition coefficient (Wildman–Crippen LogP) is 0.110. The summed E-state index contributed by atoms with van der Waals surface area (Å²) in [5, 5.41) is 7.48. The highest BCUT2D eigenvalue weighted by Crippen LogP contribution is 2.09. The zero-order chi connectivity index (χ0) is 8.39. The normalized spacial score (nSPS) is 23.2. The molecule has 12 heavy (non-hydrogen) atoms. The number of nitrogens with one attached hydrogen (secondary N) is 1. The summed E-state index contributed by atoms with van der Waals surface area (Å²) in [4.78, 5) is 4.19. The van der Waals surface area contributed by atoms with Crippen LogP contribution in [0, 0.1) is 0 Å². The first-order valence-corrected chi connectivity index (χ1v) is 4.42. The van der Waals surface area contributed by atoms with Crippen LogP contribution in [0.15, 0.2) is 6.33 Å². The van der Waals surface area contributed by atoms with E-state index in [2.05, 4.69) is 15.4 Å². The molecule has 1 unspecified atom stereocenters. The summed E-state index contributed by atoms with van der Waals surface area (Å²) >= 11 is 0. The summed E-state index contributed by atoms with van der Waals surface area (Å²) in [5.74, 6) is 1.08. The fraction of sp³-hybridized carbons (Fsp3) is 0.750. The van der Waals surface area contributed by atoms with Gasteiger partial charge in [-0.1, -0.05) is 0 Å². The Bertz CT molecular complexity index is 249. The van der Waals surface area contributed by atoms with Crippen LogP contribution in [0.25, 0.3) is 0 Å². The summed E-state index contributed by atoms with van der Waals surface area (Å²) in [6.45, 7) is 1.16. The second-order valence-electron chi connectivity index (χ2n) is 3.30. The van der Waals surface area contributed by atoms with Crippen LogP contribution in [0.2, 0.25) is 0 Å². The standard InChI is InChI=1S/C8H14N4/c1-12-8(10-6-11-12)5-7-3-2-4-9-7/h6-7,9H,2-5H2,1H3. The lowest BCUT2D eigenvalue weighted by molar-refractivity contribution is 0.562. The van der Waals surface area contributed by atoms with Crippen molar-refractivity contribution in [3.63, 3.8) is 0 Å². The molecular formula is C8H14N4. The largest absolute Gasteiger partial charge is 0.314 e. The van der Waals surface area contributed by atoms with Crippen LogP contribution in [0.5, 0.6) is 0 Å². The van der Waals surface area contributed by atoms with Crippen LogP contribution in [-0.2, 0) is 13.5 Å². The van der Waals surface area contributed by atoms with E-state index in [1.54, 1.807) is 6.33 Å². The lowest BCUT2D eigenvalue weighted by atomic mass is 10.1. The van der Waals surface area contributed by atoms with Gasteiger partial charge in [0.2, 0.25) is 0 Å². The molecule has 1 aromatic heterocycles. The van der Waals surface area contributed by atoms with E-state index < -0.39 is 0 Å². The molecule has 1 aromatic rings. The van der Waals surface area contributed by atoms with Crippen LogP contribution in [0.1, 0.15) is 18.7 Å². The van der Waals surface area contributed by atoms with Crippen molar-refractivity contribution in [3.8, 4) is 0 Å².